The third-order valence-electron chi connectivity index (χ3n) is 3.34. The first-order chi connectivity index (χ1) is 11.5. The highest BCUT2D eigenvalue weighted by Crippen LogP contribution is 2.18. The second-order valence-electron chi connectivity index (χ2n) is 5.07. The number of methoxy groups -OCH3 is 1. The van der Waals surface area contributed by atoms with Crippen molar-refractivity contribution in [2.24, 2.45) is 0 Å². The van der Waals surface area contributed by atoms with Gasteiger partial charge in [-0.05, 0) is 37.4 Å². The predicted octanol–water partition coefficient (Wildman–Crippen LogP) is 2.16. The van der Waals surface area contributed by atoms with Gasteiger partial charge >= 0.3 is 5.97 Å². The molecule has 1 amide bonds. The largest absolute Gasteiger partial charge is 0.467 e. The van der Waals surface area contributed by atoms with Crippen molar-refractivity contribution < 1.29 is 18.7 Å². The number of thioether (sulfide) groups is 1. The first kappa shape index (κ1) is 18.0. The highest BCUT2D eigenvalue weighted by atomic mass is 32.2. The number of H-pyrrole nitrogens is 1. The Balaban J connectivity index is 2.20. The molecule has 0 spiro atoms. The van der Waals surface area contributed by atoms with E-state index in [-0.39, 0.29) is 11.5 Å². The van der Waals surface area contributed by atoms with Crippen molar-refractivity contribution in [2.75, 3.05) is 19.1 Å². The molecule has 6 nitrogen and oxygen atoms in total. The van der Waals surface area contributed by atoms with Gasteiger partial charge in [-0.3, -0.25) is 4.79 Å². The Labute approximate surface area is 143 Å². The number of benzene rings is 1. The molecule has 0 bridgehead atoms. The van der Waals surface area contributed by atoms with Gasteiger partial charge in [0.2, 0.25) is 0 Å². The van der Waals surface area contributed by atoms with Crippen LogP contribution >= 0.6 is 11.8 Å². The molecule has 1 atom stereocenters. The van der Waals surface area contributed by atoms with Gasteiger partial charge in [-0.15, -0.1) is 0 Å². The van der Waals surface area contributed by atoms with Gasteiger partial charge in [0, 0.05) is 17.0 Å². The number of hydrogen-bond acceptors (Lipinski definition) is 5. The van der Waals surface area contributed by atoms with E-state index < -0.39 is 17.9 Å². The number of imidazole rings is 1. The summed E-state index contributed by atoms with van der Waals surface area (Å²) in [6.07, 6.45) is 1.83. The lowest BCUT2D eigenvalue weighted by Gasteiger charge is -2.14. The Morgan fingerprint density at radius 1 is 1.38 bits per heavy atom. The van der Waals surface area contributed by atoms with E-state index in [4.69, 9.17) is 0 Å². The summed E-state index contributed by atoms with van der Waals surface area (Å²) in [4.78, 5) is 31.4. The molecule has 0 radical (unpaired) electrons. The summed E-state index contributed by atoms with van der Waals surface area (Å²) in [6, 6.07) is 5.03. The summed E-state index contributed by atoms with van der Waals surface area (Å²) in [5, 5.41) is 2.62. The predicted molar refractivity (Wildman–Crippen MR) is 90.4 cm³/mol. The molecule has 0 aliphatic carbocycles. The summed E-state index contributed by atoms with van der Waals surface area (Å²) in [5.41, 5.74) is 1.40. The molecular formula is C16H18FN3O3S. The number of hydrogen-bond donors (Lipinski definition) is 2. The number of aromatic nitrogens is 2. The summed E-state index contributed by atoms with van der Waals surface area (Å²) >= 11 is 1.42. The van der Waals surface area contributed by atoms with E-state index in [1.807, 2.05) is 6.26 Å². The zero-order valence-electron chi connectivity index (χ0n) is 13.6. The van der Waals surface area contributed by atoms with Gasteiger partial charge in [-0.2, -0.15) is 11.8 Å². The second kappa shape index (κ2) is 7.96. The Morgan fingerprint density at radius 3 is 2.62 bits per heavy atom. The monoisotopic (exact) mass is 351 g/mol. The van der Waals surface area contributed by atoms with Crippen LogP contribution in [0.25, 0.3) is 11.4 Å². The maximum Gasteiger partial charge on any atom is 0.329 e. The van der Waals surface area contributed by atoms with Crippen LogP contribution in [0.1, 0.15) is 16.2 Å². The number of halogens is 1. The third-order valence-corrected chi connectivity index (χ3v) is 4.01. The van der Waals surface area contributed by atoms with E-state index in [0.717, 1.165) is 0 Å². The Hall–Kier alpha value is -2.35. The van der Waals surface area contributed by atoms with E-state index in [9.17, 15) is 14.0 Å². The van der Waals surface area contributed by atoms with E-state index in [2.05, 4.69) is 20.0 Å². The van der Waals surface area contributed by atoms with Crippen LogP contribution in [0.2, 0.25) is 0 Å². The molecule has 0 aliphatic heterocycles. The minimum absolute atomic E-state index is 0.185. The van der Waals surface area contributed by atoms with Crippen LogP contribution < -0.4 is 5.32 Å². The van der Waals surface area contributed by atoms with Crippen molar-refractivity contribution in [3.05, 3.63) is 41.5 Å². The Bertz CT molecular complexity index is 731. The van der Waals surface area contributed by atoms with E-state index >= 15 is 0 Å². The molecular weight excluding hydrogens is 333 g/mol. The highest BCUT2D eigenvalue weighted by Gasteiger charge is 2.24. The molecule has 24 heavy (non-hydrogen) atoms. The van der Waals surface area contributed by atoms with Crippen molar-refractivity contribution in [1.82, 2.24) is 15.3 Å². The maximum atomic E-state index is 13.0. The SMILES string of the molecule is COC(=O)[C@H](CSC)NC(=O)c1nc(-c2ccc(F)cc2)[nH]c1C. The first-order valence-corrected chi connectivity index (χ1v) is 8.55. The van der Waals surface area contributed by atoms with E-state index in [1.165, 1.54) is 31.0 Å². The number of carbonyl (C=O) groups is 2. The van der Waals surface area contributed by atoms with Crippen molar-refractivity contribution in [2.45, 2.75) is 13.0 Å². The molecule has 2 N–H and O–H groups in total. The topological polar surface area (TPSA) is 84.1 Å². The normalized spacial score (nSPS) is 11.8. The molecule has 128 valence electrons. The molecule has 1 aromatic carbocycles. The number of aryl methyl sites for hydroxylation is 1. The molecule has 0 saturated heterocycles. The standard InChI is InChI=1S/C16H18FN3O3S/c1-9-13(15(21)19-12(8-24-3)16(22)23-2)20-14(18-9)10-4-6-11(17)7-5-10/h4-7,12H,8H2,1-3H3,(H,18,20)(H,19,21)/t12-/m0/s1. The number of nitrogens with zero attached hydrogens (tertiary/aromatic N) is 1. The second-order valence-corrected chi connectivity index (χ2v) is 5.98. The molecule has 1 heterocycles. The summed E-state index contributed by atoms with van der Waals surface area (Å²) in [5.74, 6) is -0.478. The van der Waals surface area contributed by atoms with Crippen LogP contribution in [0.5, 0.6) is 0 Å². The van der Waals surface area contributed by atoms with Crippen LogP contribution in [-0.2, 0) is 9.53 Å². The molecule has 0 aliphatic rings. The van der Waals surface area contributed by atoms with Crippen LogP contribution in [0.3, 0.4) is 0 Å². The molecule has 0 unspecified atom stereocenters. The minimum atomic E-state index is -0.747. The van der Waals surface area contributed by atoms with Gasteiger partial charge in [0.15, 0.2) is 0 Å². The van der Waals surface area contributed by atoms with Crippen molar-refractivity contribution in [1.29, 1.82) is 0 Å². The van der Waals surface area contributed by atoms with Crippen LogP contribution in [0.4, 0.5) is 4.39 Å². The van der Waals surface area contributed by atoms with Crippen LogP contribution in [0.15, 0.2) is 24.3 Å². The molecule has 1 aromatic heterocycles. The van der Waals surface area contributed by atoms with Crippen molar-refractivity contribution >= 4 is 23.6 Å². The van der Waals surface area contributed by atoms with Gasteiger partial charge in [0.1, 0.15) is 23.4 Å². The fraction of sp³-hybridized carbons (Fsp3) is 0.312. The molecule has 0 fully saturated rings. The number of rotatable bonds is 6. The molecule has 0 saturated carbocycles. The maximum absolute atomic E-state index is 13.0. The van der Waals surface area contributed by atoms with Gasteiger partial charge in [-0.25, -0.2) is 14.2 Å². The fourth-order valence-corrected chi connectivity index (χ4v) is 2.68. The number of nitrogens with one attached hydrogen (secondary N) is 2. The zero-order valence-corrected chi connectivity index (χ0v) is 14.4. The van der Waals surface area contributed by atoms with Crippen molar-refractivity contribution in [3.8, 4) is 11.4 Å². The number of esters is 1. The summed E-state index contributed by atoms with van der Waals surface area (Å²) < 4.78 is 17.7. The number of carbonyl (C=O) groups excluding carboxylic acids is 2. The lowest BCUT2D eigenvalue weighted by atomic mass is 10.2. The third kappa shape index (κ3) is 4.14. The molecule has 2 rings (SSSR count). The van der Waals surface area contributed by atoms with Gasteiger partial charge < -0.3 is 15.0 Å². The summed E-state index contributed by atoms with van der Waals surface area (Å²) in [6.45, 7) is 1.71. The molecule has 2 aromatic rings. The number of amides is 1. The van der Waals surface area contributed by atoms with Gasteiger partial charge in [0.05, 0.1) is 7.11 Å². The van der Waals surface area contributed by atoms with Gasteiger partial charge in [-0.1, -0.05) is 0 Å². The average Bonchev–Trinajstić information content (AvgIpc) is 2.96. The first-order valence-electron chi connectivity index (χ1n) is 7.16. The van der Waals surface area contributed by atoms with Crippen molar-refractivity contribution in [3.63, 3.8) is 0 Å². The summed E-state index contributed by atoms with van der Waals surface area (Å²) in [7, 11) is 1.27. The lowest BCUT2D eigenvalue weighted by Crippen LogP contribution is -2.43. The van der Waals surface area contributed by atoms with E-state index in [0.29, 0.717) is 22.8 Å². The number of ether oxygens (including phenoxy) is 1. The lowest BCUT2D eigenvalue weighted by molar-refractivity contribution is -0.142. The van der Waals surface area contributed by atoms with E-state index in [1.54, 1.807) is 19.1 Å². The zero-order chi connectivity index (χ0) is 17.7. The Kier molecular flexibility index (Phi) is 5.97. The quantitative estimate of drug-likeness (QED) is 0.779. The smallest absolute Gasteiger partial charge is 0.329 e. The fourth-order valence-electron chi connectivity index (χ4n) is 2.13. The Morgan fingerprint density at radius 2 is 2.04 bits per heavy atom. The van der Waals surface area contributed by atoms with Crippen LogP contribution in [0, 0.1) is 12.7 Å². The average molecular weight is 351 g/mol. The minimum Gasteiger partial charge on any atom is -0.467 e. The molecule has 8 heteroatoms. The highest BCUT2D eigenvalue weighted by molar-refractivity contribution is 7.98. The number of aromatic amines is 1. The van der Waals surface area contributed by atoms with Gasteiger partial charge in [0.25, 0.3) is 5.91 Å². The van der Waals surface area contributed by atoms with Crippen LogP contribution in [-0.4, -0.2) is 47.0 Å².